The van der Waals surface area contributed by atoms with Gasteiger partial charge in [0.15, 0.2) is 6.61 Å². The summed E-state index contributed by atoms with van der Waals surface area (Å²) in [6.07, 6.45) is 0. The van der Waals surface area contributed by atoms with E-state index in [2.05, 4.69) is 20.9 Å². The number of hydrogen-bond donors (Lipinski definition) is 0. The standard InChI is InChI=1S/C18H15BrN2O4/c1-12-3-2-4-16-20-14(9-17(22)21(12)16)10-25-18(23)11-24-15-7-5-13(19)6-8-15/h2-9H,10-11H2,1H3. The minimum atomic E-state index is -0.533. The molecule has 7 heteroatoms. The Balaban J connectivity index is 1.61. The molecule has 2 heterocycles. The third-order valence-corrected chi connectivity index (χ3v) is 4.01. The van der Waals surface area contributed by atoms with Crippen LogP contribution in [0.1, 0.15) is 11.4 Å². The molecule has 0 aliphatic rings. The van der Waals surface area contributed by atoms with Crippen LogP contribution in [0.2, 0.25) is 0 Å². The molecular formula is C18H15BrN2O4. The molecule has 0 saturated carbocycles. The van der Waals surface area contributed by atoms with Gasteiger partial charge < -0.3 is 9.47 Å². The maximum absolute atomic E-state index is 12.2. The first-order valence-electron chi connectivity index (χ1n) is 7.55. The highest BCUT2D eigenvalue weighted by Gasteiger charge is 2.08. The number of carbonyl (C=O) groups is 1. The number of carbonyl (C=O) groups excluding carboxylic acids is 1. The van der Waals surface area contributed by atoms with Crippen LogP contribution in [-0.4, -0.2) is 22.0 Å². The maximum Gasteiger partial charge on any atom is 0.344 e. The Bertz CT molecular complexity index is 967. The minimum absolute atomic E-state index is 0.0811. The summed E-state index contributed by atoms with van der Waals surface area (Å²) >= 11 is 3.32. The summed E-state index contributed by atoms with van der Waals surface area (Å²) in [5, 5.41) is 0. The molecule has 3 rings (SSSR count). The average molecular weight is 403 g/mol. The highest BCUT2D eigenvalue weighted by Crippen LogP contribution is 2.16. The molecule has 0 unspecified atom stereocenters. The van der Waals surface area contributed by atoms with E-state index >= 15 is 0 Å². The minimum Gasteiger partial charge on any atom is -0.482 e. The molecule has 3 aromatic rings. The number of benzene rings is 1. The van der Waals surface area contributed by atoms with Crippen molar-refractivity contribution in [2.75, 3.05) is 6.61 Å². The Labute approximate surface area is 152 Å². The molecule has 128 valence electrons. The summed E-state index contributed by atoms with van der Waals surface area (Å²) in [7, 11) is 0. The summed E-state index contributed by atoms with van der Waals surface area (Å²) in [6.45, 7) is 1.53. The molecule has 0 spiro atoms. The summed E-state index contributed by atoms with van der Waals surface area (Å²) in [5.41, 5.74) is 1.50. The second-order valence-corrected chi connectivity index (χ2v) is 6.27. The summed E-state index contributed by atoms with van der Waals surface area (Å²) in [5.74, 6) is 0.0341. The summed E-state index contributed by atoms with van der Waals surface area (Å²) in [6, 6.07) is 13.9. The van der Waals surface area contributed by atoms with Crippen molar-refractivity contribution in [1.82, 2.24) is 9.38 Å². The number of esters is 1. The highest BCUT2D eigenvalue weighted by molar-refractivity contribution is 9.10. The van der Waals surface area contributed by atoms with Gasteiger partial charge in [-0.2, -0.15) is 0 Å². The van der Waals surface area contributed by atoms with Gasteiger partial charge in [0.25, 0.3) is 5.56 Å². The van der Waals surface area contributed by atoms with E-state index in [1.165, 1.54) is 10.5 Å². The van der Waals surface area contributed by atoms with Gasteiger partial charge >= 0.3 is 5.97 Å². The van der Waals surface area contributed by atoms with Gasteiger partial charge in [-0.15, -0.1) is 0 Å². The van der Waals surface area contributed by atoms with Gasteiger partial charge in [0, 0.05) is 16.2 Å². The van der Waals surface area contributed by atoms with E-state index in [4.69, 9.17) is 9.47 Å². The molecule has 0 radical (unpaired) electrons. The van der Waals surface area contributed by atoms with Gasteiger partial charge in [-0.25, -0.2) is 9.78 Å². The fourth-order valence-corrected chi connectivity index (χ4v) is 2.57. The van der Waals surface area contributed by atoms with Crippen LogP contribution < -0.4 is 10.3 Å². The van der Waals surface area contributed by atoms with Crippen LogP contribution >= 0.6 is 15.9 Å². The van der Waals surface area contributed by atoms with Crippen LogP contribution in [0.4, 0.5) is 0 Å². The highest BCUT2D eigenvalue weighted by atomic mass is 79.9. The number of aryl methyl sites for hydroxylation is 1. The molecule has 2 aromatic heterocycles. The number of ether oxygens (including phenoxy) is 2. The molecule has 6 nitrogen and oxygen atoms in total. The van der Waals surface area contributed by atoms with Crippen molar-refractivity contribution in [1.29, 1.82) is 0 Å². The molecule has 0 aliphatic carbocycles. The molecule has 0 atom stereocenters. The Morgan fingerprint density at radius 3 is 2.72 bits per heavy atom. The third-order valence-electron chi connectivity index (χ3n) is 3.48. The van der Waals surface area contributed by atoms with E-state index in [1.54, 1.807) is 18.2 Å². The first-order chi connectivity index (χ1) is 12.0. The Morgan fingerprint density at radius 1 is 1.20 bits per heavy atom. The molecule has 0 bridgehead atoms. The molecule has 0 saturated heterocycles. The number of pyridine rings is 1. The van der Waals surface area contributed by atoms with Crippen molar-refractivity contribution in [2.45, 2.75) is 13.5 Å². The second-order valence-electron chi connectivity index (χ2n) is 5.35. The van der Waals surface area contributed by atoms with E-state index in [9.17, 15) is 9.59 Å². The van der Waals surface area contributed by atoms with Crippen molar-refractivity contribution in [3.8, 4) is 5.75 Å². The zero-order valence-corrected chi connectivity index (χ0v) is 15.0. The lowest BCUT2D eigenvalue weighted by Crippen LogP contribution is -2.19. The van der Waals surface area contributed by atoms with E-state index in [1.807, 2.05) is 31.2 Å². The lowest BCUT2D eigenvalue weighted by atomic mass is 10.3. The lowest BCUT2D eigenvalue weighted by Gasteiger charge is -2.08. The first-order valence-corrected chi connectivity index (χ1v) is 8.34. The zero-order valence-electron chi connectivity index (χ0n) is 13.4. The quantitative estimate of drug-likeness (QED) is 0.613. The number of hydrogen-bond acceptors (Lipinski definition) is 5. The lowest BCUT2D eigenvalue weighted by molar-refractivity contribution is -0.147. The number of nitrogens with zero attached hydrogens (tertiary/aromatic N) is 2. The van der Waals surface area contributed by atoms with E-state index in [0.29, 0.717) is 17.1 Å². The van der Waals surface area contributed by atoms with Crippen LogP contribution in [0.25, 0.3) is 5.65 Å². The topological polar surface area (TPSA) is 69.9 Å². The smallest absolute Gasteiger partial charge is 0.344 e. The Kier molecular flexibility index (Phi) is 5.14. The van der Waals surface area contributed by atoms with E-state index < -0.39 is 5.97 Å². The van der Waals surface area contributed by atoms with Crippen LogP contribution in [-0.2, 0) is 16.1 Å². The van der Waals surface area contributed by atoms with Crippen molar-refractivity contribution >= 4 is 27.5 Å². The third kappa shape index (κ3) is 4.24. The second kappa shape index (κ2) is 7.48. The molecule has 0 fully saturated rings. The number of fused-ring (bicyclic) bond motifs is 1. The monoisotopic (exact) mass is 402 g/mol. The van der Waals surface area contributed by atoms with Gasteiger partial charge in [0.05, 0.1) is 5.69 Å². The fraction of sp³-hybridized carbons (Fsp3) is 0.167. The first kappa shape index (κ1) is 17.2. The Morgan fingerprint density at radius 2 is 1.96 bits per heavy atom. The van der Waals surface area contributed by atoms with Gasteiger partial charge in [0.1, 0.15) is 18.0 Å². The number of halogens is 1. The molecule has 25 heavy (non-hydrogen) atoms. The van der Waals surface area contributed by atoms with Gasteiger partial charge in [-0.1, -0.05) is 22.0 Å². The van der Waals surface area contributed by atoms with Crippen molar-refractivity contribution < 1.29 is 14.3 Å². The summed E-state index contributed by atoms with van der Waals surface area (Å²) in [4.78, 5) is 28.3. The molecule has 0 aliphatic heterocycles. The van der Waals surface area contributed by atoms with Crippen LogP contribution in [0.3, 0.4) is 0 Å². The molecule has 0 N–H and O–H groups in total. The maximum atomic E-state index is 12.2. The SMILES string of the molecule is Cc1cccc2nc(COC(=O)COc3ccc(Br)cc3)cc(=O)n12. The normalized spacial score (nSPS) is 10.6. The fourth-order valence-electron chi connectivity index (χ4n) is 2.31. The van der Waals surface area contributed by atoms with Crippen molar-refractivity contribution in [3.63, 3.8) is 0 Å². The predicted octanol–water partition coefficient (Wildman–Crippen LogP) is 2.89. The van der Waals surface area contributed by atoms with Crippen molar-refractivity contribution in [2.24, 2.45) is 0 Å². The predicted molar refractivity (Wildman–Crippen MR) is 95.6 cm³/mol. The van der Waals surface area contributed by atoms with Gasteiger partial charge in [0.2, 0.25) is 0 Å². The average Bonchev–Trinajstić information content (AvgIpc) is 2.59. The van der Waals surface area contributed by atoms with Crippen molar-refractivity contribution in [3.05, 3.63) is 74.7 Å². The van der Waals surface area contributed by atoms with Crippen LogP contribution in [0.15, 0.2) is 57.8 Å². The van der Waals surface area contributed by atoms with E-state index in [-0.39, 0.29) is 18.8 Å². The van der Waals surface area contributed by atoms with Gasteiger partial charge in [-0.05, 0) is 43.3 Å². The molecule has 0 amide bonds. The Hall–Kier alpha value is -2.67. The number of aromatic nitrogens is 2. The largest absolute Gasteiger partial charge is 0.482 e. The van der Waals surface area contributed by atoms with Crippen LogP contribution in [0, 0.1) is 6.92 Å². The zero-order chi connectivity index (χ0) is 17.8. The molecule has 1 aromatic carbocycles. The van der Waals surface area contributed by atoms with E-state index in [0.717, 1.165) is 10.2 Å². The number of rotatable bonds is 5. The van der Waals surface area contributed by atoms with Crippen LogP contribution in [0.5, 0.6) is 5.75 Å². The van der Waals surface area contributed by atoms with Gasteiger partial charge in [-0.3, -0.25) is 9.20 Å². The molecular weight excluding hydrogens is 388 g/mol. The summed E-state index contributed by atoms with van der Waals surface area (Å²) < 4.78 is 12.9.